The molecule has 170 valence electrons. The van der Waals surface area contributed by atoms with Crippen LogP contribution >= 0.6 is 0 Å². The number of nitrogens with one attached hydrogen (secondary N) is 2. The second kappa shape index (κ2) is 9.05. The molecule has 0 aromatic carbocycles. The van der Waals surface area contributed by atoms with Gasteiger partial charge in [-0.05, 0) is 55.9 Å². The molecule has 1 saturated heterocycles. The predicted molar refractivity (Wildman–Crippen MR) is 133 cm³/mol. The van der Waals surface area contributed by atoms with Gasteiger partial charge in [0.1, 0.15) is 23.1 Å². The number of hydrogen-bond donors (Lipinski definition) is 2. The number of aryl methyl sites for hydroxylation is 1. The van der Waals surface area contributed by atoms with Gasteiger partial charge in [-0.1, -0.05) is 13.8 Å². The molecule has 0 saturated carbocycles. The first-order chi connectivity index (χ1) is 16.0. The highest BCUT2D eigenvalue weighted by Gasteiger charge is 2.17. The van der Waals surface area contributed by atoms with Crippen molar-refractivity contribution in [1.29, 1.82) is 0 Å². The summed E-state index contributed by atoms with van der Waals surface area (Å²) in [4.78, 5) is 21.1. The highest BCUT2D eigenvalue weighted by atomic mass is 15.3. The van der Waals surface area contributed by atoms with Crippen LogP contribution in [0, 0.1) is 12.8 Å². The first-order valence-electron chi connectivity index (χ1n) is 11.6. The summed E-state index contributed by atoms with van der Waals surface area (Å²) in [5.74, 6) is 3.52. The predicted octanol–water partition coefficient (Wildman–Crippen LogP) is 5.11. The summed E-state index contributed by atoms with van der Waals surface area (Å²) in [5.41, 5.74) is 4.06. The number of rotatable bonds is 7. The monoisotopic (exact) mass is 442 g/mol. The molecule has 4 aromatic rings. The summed E-state index contributed by atoms with van der Waals surface area (Å²) in [5, 5.41) is 6.79. The quantitative estimate of drug-likeness (QED) is 0.411. The van der Waals surface area contributed by atoms with Crippen LogP contribution < -0.4 is 15.5 Å². The van der Waals surface area contributed by atoms with Crippen LogP contribution in [-0.4, -0.2) is 37.4 Å². The SMILES string of the molecule is Cc1cc(CC(C)C)nc(Nc2nc(Nc3ccn4ccnc4c3)cc(N3CCCC3)n2)c1. The fourth-order valence-corrected chi connectivity index (χ4v) is 4.24. The molecular formula is C25H30N8. The summed E-state index contributed by atoms with van der Waals surface area (Å²) < 4.78 is 1.98. The van der Waals surface area contributed by atoms with Crippen LogP contribution in [0.1, 0.15) is 37.9 Å². The number of fused-ring (bicyclic) bond motifs is 1. The third-order valence-corrected chi connectivity index (χ3v) is 5.69. The van der Waals surface area contributed by atoms with E-state index in [-0.39, 0.29) is 0 Å². The number of pyridine rings is 2. The van der Waals surface area contributed by atoms with Crippen molar-refractivity contribution in [2.45, 2.75) is 40.0 Å². The molecule has 0 aliphatic carbocycles. The van der Waals surface area contributed by atoms with Crippen LogP contribution in [-0.2, 0) is 6.42 Å². The zero-order valence-corrected chi connectivity index (χ0v) is 19.4. The average Bonchev–Trinajstić information content (AvgIpc) is 3.44. The summed E-state index contributed by atoms with van der Waals surface area (Å²) in [6.07, 6.45) is 9.01. The Hall–Kier alpha value is -3.68. The number of imidazole rings is 1. The lowest BCUT2D eigenvalue weighted by Crippen LogP contribution is -2.20. The molecule has 8 nitrogen and oxygen atoms in total. The van der Waals surface area contributed by atoms with E-state index in [2.05, 4.69) is 47.4 Å². The highest BCUT2D eigenvalue weighted by molar-refractivity contribution is 5.66. The Morgan fingerprint density at radius 3 is 2.58 bits per heavy atom. The molecule has 1 aliphatic rings. The Morgan fingerprint density at radius 1 is 0.939 bits per heavy atom. The number of anilines is 5. The van der Waals surface area contributed by atoms with Gasteiger partial charge in [0.15, 0.2) is 0 Å². The van der Waals surface area contributed by atoms with E-state index in [0.29, 0.717) is 11.9 Å². The third-order valence-electron chi connectivity index (χ3n) is 5.69. The summed E-state index contributed by atoms with van der Waals surface area (Å²) in [6, 6.07) is 10.2. The van der Waals surface area contributed by atoms with Gasteiger partial charge >= 0.3 is 0 Å². The highest BCUT2D eigenvalue weighted by Crippen LogP contribution is 2.26. The maximum absolute atomic E-state index is 4.82. The molecule has 5 rings (SSSR count). The van der Waals surface area contributed by atoms with Gasteiger partial charge < -0.3 is 19.9 Å². The minimum atomic E-state index is 0.539. The maximum atomic E-state index is 4.82. The lowest BCUT2D eigenvalue weighted by Gasteiger charge is -2.19. The lowest BCUT2D eigenvalue weighted by molar-refractivity contribution is 0.635. The molecule has 5 heterocycles. The fraction of sp³-hybridized carbons (Fsp3) is 0.360. The molecule has 1 fully saturated rings. The number of aromatic nitrogens is 5. The zero-order valence-electron chi connectivity index (χ0n) is 19.4. The van der Waals surface area contributed by atoms with Gasteiger partial charge in [-0.25, -0.2) is 9.97 Å². The molecule has 1 aliphatic heterocycles. The van der Waals surface area contributed by atoms with Gasteiger partial charge in [-0.15, -0.1) is 0 Å². The summed E-state index contributed by atoms with van der Waals surface area (Å²) in [6.45, 7) is 8.53. The number of hydrogen-bond acceptors (Lipinski definition) is 7. The minimum absolute atomic E-state index is 0.539. The van der Waals surface area contributed by atoms with E-state index in [1.807, 2.05) is 41.1 Å². The van der Waals surface area contributed by atoms with Crippen LogP contribution in [0.5, 0.6) is 0 Å². The number of nitrogens with zero attached hydrogens (tertiary/aromatic N) is 6. The molecule has 0 amide bonds. The van der Waals surface area contributed by atoms with E-state index in [0.717, 1.165) is 54.0 Å². The standard InChI is InChI=1S/C25H30N8/c1-17(2)12-20-13-18(3)14-21(28-20)29-25-30-22(16-24(31-25)32-8-4-5-9-32)27-19-6-10-33-11-7-26-23(33)15-19/h6-7,10-11,13-17H,4-5,8-9,12H2,1-3H3,(H2,27,28,29,30,31). The fourth-order valence-electron chi connectivity index (χ4n) is 4.24. The van der Waals surface area contributed by atoms with Gasteiger partial charge in [0.05, 0.1) is 0 Å². The molecule has 8 heteroatoms. The van der Waals surface area contributed by atoms with E-state index < -0.39 is 0 Å². The Labute approximate surface area is 194 Å². The van der Waals surface area contributed by atoms with E-state index in [1.165, 1.54) is 18.4 Å². The molecule has 0 unspecified atom stereocenters. The first-order valence-corrected chi connectivity index (χ1v) is 11.6. The van der Waals surface area contributed by atoms with E-state index in [9.17, 15) is 0 Å². The Bertz CT molecular complexity index is 1260. The van der Waals surface area contributed by atoms with Gasteiger partial charge in [0, 0.05) is 55.2 Å². The molecule has 0 spiro atoms. The largest absolute Gasteiger partial charge is 0.356 e. The molecule has 2 N–H and O–H groups in total. The molecule has 4 aromatic heterocycles. The lowest BCUT2D eigenvalue weighted by atomic mass is 10.1. The second-order valence-electron chi connectivity index (χ2n) is 9.11. The first kappa shape index (κ1) is 21.2. The molecule has 0 radical (unpaired) electrons. The average molecular weight is 443 g/mol. The molecule has 0 bridgehead atoms. The van der Waals surface area contributed by atoms with Gasteiger partial charge in [-0.2, -0.15) is 9.97 Å². The topological polar surface area (TPSA) is 83.3 Å². The van der Waals surface area contributed by atoms with Gasteiger partial charge in [-0.3, -0.25) is 0 Å². The summed E-state index contributed by atoms with van der Waals surface area (Å²) >= 11 is 0. The van der Waals surface area contributed by atoms with E-state index >= 15 is 0 Å². The minimum Gasteiger partial charge on any atom is -0.356 e. The van der Waals surface area contributed by atoms with Crippen LogP contribution in [0.2, 0.25) is 0 Å². The second-order valence-corrected chi connectivity index (χ2v) is 9.11. The maximum Gasteiger partial charge on any atom is 0.232 e. The van der Waals surface area contributed by atoms with Crippen molar-refractivity contribution in [3.8, 4) is 0 Å². The van der Waals surface area contributed by atoms with Gasteiger partial charge in [0.25, 0.3) is 0 Å². The van der Waals surface area contributed by atoms with Crippen molar-refractivity contribution < 1.29 is 0 Å². The molecular weight excluding hydrogens is 412 g/mol. The van der Waals surface area contributed by atoms with Crippen molar-refractivity contribution >= 4 is 34.7 Å². The van der Waals surface area contributed by atoms with Crippen LogP contribution in [0.15, 0.2) is 48.9 Å². The Morgan fingerprint density at radius 2 is 1.76 bits per heavy atom. The van der Waals surface area contributed by atoms with Crippen molar-refractivity contribution in [1.82, 2.24) is 24.3 Å². The Kier molecular flexibility index (Phi) is 5.81. The zero-order chi connectivity index (χ0) is 22.8. The van der Waals surface area contributed by atoms with Crippen molar-refractivity contribution in [2.24, 2.45) is 5.92 Å². The van der Waals surface area contributed by atoms with Gasteiger partial charge in [0.2, 0.25) is 5.95 Å². The third kappa shape index (κ3) is 5.05. The van der Waals surface area contributed by atoms with Crippen LogP contribution in [0.25, 0.3) is 5.65 Å². The molecule has 0 atom stereocenters. The van der Waals surface area contributed by atoms with Crippen molar-refractivity contribution in [2.75, 3.05) is 28.6 Å². The van der Waals surface area contributed by atoms with E-state index in [4.69, 9.17) is 15.0 Å². The van der Waals surface area contributed by atoms with Crippen LogP contribution in [0.4, 0.5) is 29.1 Å². The van der Waals surface area contributed by atoms with E-state index in [1.54, 1.807) is 6.20 Å². The van der Waals surface area contributed by atoms with Crippen molar-refractivity contribution in [3.05, 3.63) is 60.2 Å². The molecule has 33 heavy (non-hydrogen) atoms. The smallest absolute Gasteiger partial charge is 0.232 e. The summed E-state index contributed by atoms with van der Waals surface area (Å²) in [7, 11) is 0. The van der Waals surface area contributed by atoms with Crippen LogP contribution in [0.3, 0.4) is 0 Å². The Balaban J connectivity index is 1.46. The normalized spacial score (nSPS) is 13.8. The van der Waals surface area contributed by atoms with Crippen molar-refractivity contribution in [3.63, 3.8) is 0 Å².